The van der Waals surface area contributed by atoms with E-state index in [9.17, 15) is 9.90 Å². The van der Waals surface area contributed by atoms with E-state index in [2.05, 4.69) is 4.98 Å². The van der Waals surface area contributed by atoms with Crippen molar-refractivity contribution in [2.45, 2.75) is 28.7 Å². The molecular formula is C19H18Cl3NO3S2. The molecule has 1 fully saturated rings. The summed E-state index contributed by atoms with van der Waals surface area (Å²) in [6.07, 6.45) is 4.74. The molecule has 3 rings (SSSR count). The second-order valence-corrected chi connectivity index (χ2v) is 10.2. The lowest BCUT2D eigenvalue weighted by Crippen LogP contribution is -2.19. The number of thioether (sulfide) groups is 1. The summed E-state index contributed by atoms with van der Waals surface area (Å²) in [5.74, 6) is -0.213. The Morgan fingerprint density at radius 3 is 2.68 bits per heavy atom. The zero-order valence-electron chi connectivity index (χ0n) is 14.6. The molecule has 1 aliphatic carbocycles. The Bertz CT molecular complexity index is 854. The third-order valence-corrected chi connectivity index (χ3v) is 7.64. The minimum absolute atomic E-state index is 0.0632. The van der Waals surface area contributed by atoms with Crippen LogP contribution < -0.4 is 0 Å². The Morgan fingerprint density at radius 1 is 1.32 bits per heavy atom. The third kappa shape index (κ3) is 5.65. The molecule has 2 aromatic rings. The number of hydrogen-bond donors (Lipinski definition) is 2. The highest BCUT2D eigenvalue weighted by Gasteiger charge is 2.39. The smallest absolute Gasteiger partial charge is 0.355 e. The van der Waals surface area contributed by atoms with E-state index < -0.39 is 12.1 Å². The van der Waals surface area contributed by atoms with Crippen LogP contribution in [0.1, 0.15) is 28.9 Å². The normalized spacial score (nSPS) is 24.9. The fraction of sp³-hybridized carbons (Fsp3) is 0.368. The van der Waals surface area contributed by atoms with Crippen molar-refractivity contribution in [3.05, 3.63) is 51.0 Å². The van der Waals surface area contributed by atoms with Crippen LogP contribution in [-0.4, -0.2) is 38.4 Å². The highest BCUT2D eigenvalue weighted by Crippen LogP contribution is 2.40. The molecule has 0 amide bonds. The van der Waals surface area contributed by atoms with Crippen molar-refractivity contribution in [2.75, 3.05) is 5.75 Å². The van der Waals surface area contributed by atoms with Crippen LogP contribution in [0.15, 0.2) is 34.0 Å². The monoisotopic (exact) mass is 477 g/mol. The number of thiazole rings is 1. The van der Waals surface area contributed by atoms with Crippen molar-refractivity contribution in [3.63, 3.8) is 0 Å². The maximum Gasteiger partial charge on any atom is 0.355 e. The van der Waals surface area contributed by atoms with Gasteiger partial charge in [0.2, 0.25) is 0 Å². The van der Waals surface area contributed by atoms with Gasteiger partial charge in [-0.1, -0.05) is 47.1 Å². The number of carboxylic acid groups (broad SMARTS) is 1. The number of carboxylic acids is 1. The molecule has 9 heteroatoms. The number of hydrogen-bond acceptors (Lipinski definition) is 5. The zero-order valence-corrected chi connectivity index (χ0v) is 18.5. The molecule has 1 heterocycles. The van der Waals surface area contributed by atoms with Gasteiger partial charge in [-0.15, -0.1) is 22.9 Å². The number of aromatic nitrogens is 1. The fourth-order valence-electron chi connectivity index (χ4n) is 3.33. The molecular weight excluding hydrogens is 461 g/mol. The number of nitrogens with zero attached hydrogens (tertiary/aromatic N) is 1. The van der Waals surface area contributed by atoms with Gasteiger partial charge in [-0.3, -0.25) is 0 Å². The predicted molar refractivity (Wildman–Crippen MR) is 117 cm³/mol. The first kappa shape index (κ1) is 21.9. The zero-order chi connectivity index (χ0) is 20.3. The minimum atomic E-state index is -1.02. The summed E-state index contributed by atoms with van der Waals surface area (Å²) >= 11 is 21.4. The number of rotatable bonds is 7. The molecule has 0 bridgehead atoms. The summed E-state index contributed by atoms with van der Waals surface area (Å²) in [6.45, 7) is 0. The molecule has 150 valence electrons. The average Bonchev–Trinajstić information content (AvgIpc) is 3.18. The van der Waals surface area contributed by atoms with Crippen LogP contribution in [0.3, 0.4) is 0 Å². The average molecular weight is 479 g/mol. The maximum atomic E-state index is 10.9. The standard InChI is InChI=1S/C19H18Cl3NO3S2/c20-11-5-10(6-12(21)7-11)1-2-14-13(15(22)8-17(14)24)3-4-27-19-23-16(9-28-19)18(25)26/h1-2,5-7,9,13-15,17,24H,3-4,8H2,(H,25,26). The van der Waals surface area contributed by atoms with Gasteiger partial charge in [-0.2, -0.15) is 0 Å². The van der Waals surface area contributed by atoms with Crippen LogP contribution in [0.2, 0.25) is 10.0 Å². The lowest BCUT2D eigenvalue weighted by molar-refractivity contribution is 0.0691. The van der Waals surface area contributed by atoms with Gasteiger partial charge in [0.1, 0.15) is 0 Å². The van der Waals surface area contributed by atoms with E-state index in [1.165, 1.54) is 28.5 Å². The van der Waals surface area contributed by atoms with Gasteiger partial charge in [-0.25, -0.2) is 9.78 Å². The van der Waals surface area contributed by atoms with E-state index >= 15 is 0 Å². The van der Waals surface area contributed by atoms with E-state index in [-0.39, 0.29) is 22.9 Å². The van der Waals surface area contributed by atoms with Gasteiger partial charge >= 0.3 is 5.97 Å². The summed E-state index contributed by atoms with van der Waals surface area (Å²) in [7, 11) is 0. The molecule has 4 atom stereocenters. The van der Waals surface area contributed by atoms with E-state index in [0.717, 1.165) is 22.1 Å². The van der Waals surface area contributed by atoms with Gasteiger partial charge in [0, 0.05) is 32.5 Å². The molecule has 1 aromatic carbocycles. The molecule has 0 spiro atoms. The first-order valence-electron chi connectivity index (χ1n) is 8.61. The van der Waals surface area contributed by atoms with E-state index in [4.69, 9.17) is 39.9 Å². The number of aliphatic hydroxyl groups excluding tert-OH is 1. The Labute approximate surface area is 186 Å². The maximum absolute atomic E-state index is 10.9. The van der Waals surface area contributed by atoms with Crippen LogP contribution >= 0.6 is 57.9 Å². The summed E-state index contributed by atoms with van der Waals surface area (Å²) in [6, 6.07) is 5.31. The summed E-state index contributed by atoms with van der Waals surface area (Å²) in [4.78, 5) is 15.0. The quantitative estimate of drug-likeness (QED) is 0.380. The third-order valence-electron chi connectivity index (χ3n) is 4.64. The SMILES string of the molecule is O=C(O)c1csc(SCCC2C(Cl)CC(O)C2C=Cc2cc(Cl)cc(Cl)c2)n1. The number of aromatic carboxylic acids is 1. The van der Waals surface area contributed by atoms with Crippen molar-refractivity contribution in [1.82, 2.24) is 4.98 Å². The number of aliphatic hydroxyl groups is 1. The summed E-state index contributed by atoms with van der Waals surface area (Å²) in [5, 5.41) is 21.9. The number of alkyl halides is 1. The first-order chi connectivity index (χ1) is 13.3. The lowest BCUT2D eigenvalue weighted by Gasteiger charge is -2.20. The molecule has 4 unspecified atom stereocenters. The van der Waals surface area contributed by atoms with Crippen molar-refractivity contribution >= 4 is 69.9 Å². The number of carbonyl (C=O) groups is 1. The highest BCUT2D eigenvalue weighted by atomic mass is 35.5. The molecule has 1 aromatic heterocycles. The molecule has 28 heavy (non-hydrogen) atoms. The van der Waals surface area contributed by atoms with Crippen molar-refractivity contribution < 1.29 is 15.0 Å². The van der Waals surface area contributed by atoms with Gasteiger partial charge in [-0.05, 0) is 42.5 Å². The number of halogens is 3. The van der Waals surface area contributed by atoms with Gasteiger partial charge in [0.25, 0.3) is 0 Å². The van der Waals surface area contributed by atoms with Gasteiger partial charge in [0.05, 0.1) is 6.10 Å². The second kappa shape index (κ2) is 9.83. The largest absolute Gasteiger partial charge is 0.476 e. The highest BCUT2D eigenvalue weighted by molar-refractivity contribution is 8.01. The minimum Gasteiger partial charge on any atom is -0.476 e. The number of benzene rings is 1. The van der Waals surface area contributed by atoms with Crippen LogP contribution in [-0.2, 0) is 0 Å². The molecule has 0 aliphatic heterocycles. The van der Waals surface area contributed by atoms with Crippen LogP contribution in [0.4, 0.5) is 0 Å². The van der Waals surface area contributed by atoms with Crippen molar-refractivity contribution in [1.29, 1.82) is 0 Å². The van der Waals surface area contributed by atoms with E-state index in [0.29, 0.717) is 16.5 Å². The molecule has 1 saturated carbocycles. The van der Waals surface area contributed by atoms with Crippen molar-refractivity contribution in [3.8, 4) is 0 Å². The predicted octanol–water partition coefficient (Wildman–Crippen LogP) is 5.95. The first-order valence-corrected chi connectivity index (χ1v) is 11.7. The molecule has 0 saturated heterocycles. The van der Waals surface area contributed by atoms with E-state index in [1.54, 1.807) is 6.07 Å². The van der Waals surface area contributed by atoms with Gasteiger partial charge < -0.3 is 10.2 Å². The van der Waals surface area contributed by atoms with Crippen LogP contribution in [0, 0.1) is 11.8 Å². The Balaban J connectivity index is 1.62. The molecule has 4 nitrogen and oxygen atoms in total. The topological polar surface area (TPSA) is 70.4 Å². The fourth-order valence-corrected chi connectivity index (χ4v) is 6.26. The van der Waals surface area contributed by atoms with Crippen LogP contribution in [0.25, 0.3) is 6.08 Å². The Hall–Kier alpha value is -0.760. The summed E-state index contributed by atoms with van der Waals surface area (Å²) in [5.41, 5.74) is 0.944. The van der Waals surface area contributed by atoms with Crippen LogP contribution in [0.5, 0.6) is 0 Å². The summed E-state index contributed by atoms with van der Waals surface area (Å²) < 4.78 is 0.725. The second-order valence-electron chi connectivity index (χ2n) is 6.56. The van der Waals surface area contributed by atoms with E-state index in [1.807, 2.05) is 24.3 Å². The molecule has 2 N–H and O–H groups in total. The molecule has 0 radical (unpaired) electrons. The molecule has 1 aliphatic rings. The Kier molecular flexibility index (Phi) is 7.70. The Morgan fingerprint density at radius 2 is 2.04 bits per heavy atom. The lowest BCUT2D eigenvalue weighted by atomic mass is 9.91. The van der Waals surface area contributed by atoms with Gasteiger partial charge in [0.15, 0.2) is 10.0 Å². The van der Waals surface area contributed by atoms with Crippen molar-refractivity contribution in [2.24, 2.45) is 11.8 Å².